The summed E-state index contributed by atoms with van der Waals surface area (Å²) < 4.78 is 0. The number of amides is 4. The van der Waals surface area contributed by atoms with Gasteiger partial charge in [0.25, 0.3) is 23.6 Å². The maximum Gasteiger partial charge on any atom is 0.266 e. The Bertz CT molecular complexity index is 2930. The van der Waals surface area contributed by atoms with E-state index in [4.69, 9.17) is 5.73 Å². The fraction of sp³-hybridized carbons (Fsp3) is 0.115. The summed E-state index contributed by atoms with van der Waals surface area (Å²) >= 11 is 0. The molecule has 0 radical (unpaired) electrons. The Balaban J connectivity index is 0.980. The van der Waals surface area contributed by atoms with Crippen molar-refractivity contribution in [2.24, 2.45) is 0 Å². The molecule has 0 unspecified atom stereocenters. The van der Waals surface area contributed by atoms with E-state index in [9.17, 15) is 19.2 Å². The molecule has 0 fully saturated rings. The van der Waals surface area contributed by atoms with Gasteiger partial charge in [-0.15, -0.1) is 0 Å². The lowest BCUT2D eigenvalue weighted by atomic mass is 9.88. The van der Waals surface area contributed by atoms with E-state index in [1.165, 1.54) is 9.80 Å². The lowest BCUT2D eigenvalue weighted by Gasteiger charge is -2.21. The zero-order valence-corrected chi connectivity index (χ0v) is 33.7. The van der Waals surface area contributed by atoms with Crippen LogP contribution in [0.5, 0.6) is 0 Å². The van der Waals surface area contributed by atoms with E-state index in [1.807, 2.05) is 126 Å². The zero-order valence-electron chi connectivity index (χ0n) is 33.7. The van der Waals surface area contributed by atoms with E-state index in [1.54, 1.807) is 18.2 Å². The quantitative estimate of drug-likeness (QED) is 0.134. The molecule has 4 amide bonds. The number of nitrogens with two attached hydrogens (primary N) is 1. The van der Waals surface area contributed by atoms with Gasteiger partial charge in [-0.2, -0.15) is 0 Å². The van der Waals surface area contributed by atoms with Crippen molar-refractivity contribution in [3.63, 3.8) is 0 Å². The Hall–Kier alpha value is -7.38. The van der Waals surface area contributed by atoms with Crippen LogP contribution < -0.4 is 15.5 Å². The zero-order chi connectivity index (χ0) is 41.4. The van der Waals surface area contributed by atoms with Crippen molar-refractivity contribution in [2.45, 2.75) is 41.5 Å². The number of hydrogen-bond donors (Lipinski definition) is 1. The molecule has 7 heteroatoms. The van der Waals surface area contributed by atoms with E-state index in [0.29, 0.717) is 39.3 Å². The first kappa shape index (κ1) is 37.2. The minimum absolute atomic E-state index is 0.323. The number of rotatable bonds is 6. The van der Waals surface area contributed by atoms with E-state index < -0.39 is 0 Å². The number of carbonyl (C=O) groups excluding carboxylic acids is 4. The second-order valence-corrected chi connectivity index (χ2v) is 15.8. The molecular formula is C52H41N3O4. The Morgan fingerprint density at radius 3 is 1.17 bits per heavy atom. The van der Waals surface area contributed by atoms with Gasteiger partial charge in [-0.25, -0.2) is 9.80 Å². The molecule has 7 aromatic carbocycles. The summed E-state index contributed by atoms with van der Waals surface area (Å²) in [6.45, 7) is 12.1. The predicted molar refractivity (Wildman–Crippen MR) is 236 cm³/mol. The SMILES string of the molecule is Cc1ccc(-c2ccc3c(c2)C(=O)N(c2cc(C)c(-c4ccc(-c5c(C)cc(N6C(=O)c7ccc(-c8ccc(N)cc8)cc7C6=O)cc5C)cc4C)c(C)c2)C3=O)cc1. The van der Waals surface area contributed by atoms with Crippen LogP contribution in [0.15, 0.2) is 127 Å². The third-order valence-electron chi connectivity index (χ3n) is 11.7. The second-order valence-electron chi connectivity index (χ2n) is 15.8. The van der Waals surface area contributed by atoms with Gasteiger partial charge in [0, 0.05) is 5.69 Å². The average molecular weight is 772 g/mol. The van der Waals surface area contributed by atoms with Crippen LogP contribution in [0.1, 0.15) is 74.8 Å². The monoisotopic (exact) mass is 771 g/mol. The van der Waals surface area contributed by atoms with Crippen LogP contribution in [-0.2, 0) is 0 Å². The highest BCUT2D eigenvalue weighted by molar-refractivity contribution is 6.35. The smallest absolute Gasteiger partial charge is 0.266 e. The summed E-state index contributed by atoms with van der Waals surface area (Å²) in [4.78, 5) is 57.5. The lowest BCUT2D eigenvalue weighted by molar-refractivity contribution is 0.0910. The molecule has 0 saturated heterocycles. The Kier molecular flexibility index (Phi) is 8.78. The van der Waals surface area contributed by atoms with Gasteiger partial charge in [-0.05, 0) is 175 Å². The topological polar surface area (TPSA) is 101 Å². The molecule has 0 aromatic heterocycles. The van der Waals surface area contributed by atoms with Crippen LogP contribution in [0.25, 0.3) is 44.5 Å². The van der Waals surface area contributed by atoms with E-state index in [2.05, 4.69) is 25.1 Å². The first-order valence-corrected chi connectivity index (χ1v) is 19.6. The molecule has 2 heterocycles. The lowest BCUT2D eigenvalue weighted by Crippen LogP contribution is -2.29. The normalized spacial score (nSPS) is 13.4. The summed E-state index contributed by atoms with van der Waals surface area (Å²) in [6, 6.07) is 40.4. The highest BCUT2D eigenvalue weighted by Gasteiger charge is 2.38. The van der Waals surface area contributed by atoms with Gasteiger partial charge < -0.3 is 5.73 Å². The van der Waals surface area contributed by atoms with Crippen molar-refractivity contribution in [3.05, 3.63) is 183 Å². The van der Waals surface area contributed by atoms with Gasteiger partial charge in [0.1, 0.15) is 0 Å². The summed E-state index contributed by atoms with van der Waals surface area (Å²) in [7, 11) is 0. The fourth-order valence-corrected chi connectivity index (χ4v) is 8.85. The standard InChI is InChI=1S/C52H41N3O4/c1-28-7-9-34(10-8-28)36-13-19-43-45(26-36)52(59)55(50(43)57)41-24-32(5)48(33(6)25-41)42-18-15-38(21-29(42)2)47-30(3)22-40(23-31(47)4)54-49(56)44-20-14-37(27-46(44)51(54)58)35-11-16-39(53)17-12-35/h7-27H,53H2,1-6H3. The molecular weight excluding hydrogens is 731 g/mol. The van der Waals surface area contributed by atoms with Gasteiger partial charge in [0.05, 0.1) is 33.6 Å². The van der Waals surface area contributed by atoms with Crippen LogP contribution in [0, 0.1) is 41.5 Å². The Labute approximate surface area is 343 Å². The molecule has 2 N–H and O–H groups in total. The second kappa shape index (κ2) is 13.9. The highest BCUT2D eigenvalue weighted by Crippen LogP contribution is 2.41. The van der Waals surface area contributed by atoms with Gasteiger partial charge in [-0.1, -0.05) is 72.3 Å². The van der Waals surface area contributed by atoms with E-state index in [0.717, 1.165) is 77.9 Å². The number of anilines is 3. The van der Waals surface area contributed by atoms with Crippen LogP contribution >= 0.6 is 0 Å². The van der Waals surface area contributed by atoms with Gasteiger partial charge in [0.15, 0.2) is 0 Å². The van der Waals surface area contributed by atoms with Gasteiger partial charge in [-0.3, -0.25) is 19.2 Å². The van der Waals surface area contributed by atoms with Crippen molar-refractivity contribution in [3.8, 4) is 44.5 Å². The largest absolute Gasteiger partial charge is 0.399 e. The first-order valence-electron chi connectivity index (χ1n) is 19.6. The van der Waals surface area contributed by atoms with Crippen molar-refractivity contribution < 1.29 is 19.2 Å². The van der Waals surface area contributed by atoms with E-state index >= 15 is 0 Å². The first-order chi connectivity index (χ1) is 28.3. The molecule has 2 aliphatic heterocycles. The number of nitrogen functional groups attached to an aromatic ring is 1. The number of nitrogens with zero attached hydrogens (tertiary/aromatic N) is 2. The average Bonchev–Trinajstić information content (AvgIpc) is 3.61. The van der Waals surface area contributed by atoms with Gasteiger partial charge in [0.2, 0.25) is 0 Å². The summed E-state index contributed by atoms with van der Waals surface area (Å²) in [5, 5.41) is 0. The van der Waals surface area contributed by atoms with Crippen LogP contribution in [0.3, 0.4) is 0 Å². The number of benzene rings is 7. The molecule has 59 heavy (non-hydrogen) atoms. The maximum atomic E-state index is 13.8. The molecule has 0 aliphatic carbocycles. The molecule has 7 aromatic rings. The van der Waals surface area contributed by atoms with Crippen LogP contribution in [0.2, 0.25) is 0 Å². The van der Waals surface area contributed by atoms with Crippen LogP contribution in [0.4, 0.5) is 17.1 Å². The third kappa shape index (κ3) is 6.14. The molecule has 0 bridgehead atoms. The van der Waals surface area contributed by atoms with Crippen molar-refractivity contribution in [2.75, 3.05) is 15.5 Å². The molecule has 9 rings (SSSR count). The minimum atomic E-state index is -0.346. The summed E-state index contributed by atoms with van der Waals surface area (Å²) in [6.07, 6.45) is 0. The molecule has 0 spiro atoms. The van der Waals surface area contributed by atoms with Gasteiger partial charge >= 0.3 is 0 Å². The molecule has 2 aliphatic rings. The third-order valence-corrected chi connectivity index (χ3v) is 11.7. The maximum absolute atomic E-state index is 13.8. The number of aryl methyl sites for hydroxylation is 6. The number of carbonyl (C=O) groups is 4. The summed E-state index contributed by atoms with van der Waals surface area (Å²) in [5.74, 6) is -1.33. The predicted octanol–water partition coefficient (Wildman–Crippen LogP) is 11.4. The van der Waals surface area contributed by atoms with Crippen LogP contribution in [-0.4, -0.2) is 23.6 Å². The number of fused-ring (bicyclic) bond motifs is 2. The molecule has 0 atom stereocenters. The summed E-state index contributed by atoms with van der Waals surface area (Å²) in [5.41, 5.74) is 23.0. The van der Waals surface area contributed by atoms with Crippen molar-refractivity contribution in [1.29, 1.82) is 0 Å². The number of imide groups is 2. The fourth-order valence-electron chi connectivity index (χ4n) is 8.85. The molecule has 288 valence electrons. The molecule has 7 nitrogen and oxygen atoms in total. The minimum Gasteiger partial charge on any atom is -0.399 e. The Morgan fingerprint density at radius 1 is 0.339 bits per heavy atom. The molecule has 0 saturated carbocycles. The Morgan fingerprint density at radius 2 is 0.712 bits per heavy atom. The highest BCUT2D eigenvalue weighted by atomic mass is 16.2. The van der Waals surface area contributed by atoms with E-state index in [-0.39, 0.29) is 23.6 Å². The van der Waals surface area contributed by atoms with Crippen molar-refractivity contribution in [1.82, 2.24) is 0 Å². The number of hydrogen-bond acceptors (Lipinski definition) is 5. The van der Waals surface area contributed by atoms with Crippen molar-refractivity contribution >= 4 is 40.7 Å².